The number of rotatable bonds is 2. The largest absolute Gasteiger partial charge is 0.320 e. The number of hydrogen-bond acceptors (Lipinski definition) is 2. The Balaban J connectivity index is 2.23. The lowest BCUT2D eigenvalue weighted by atomic mass is 9.74. The predicted octanol–water partition coefficient (Wildman–Crippen LogP) is 3.38. The monoisotopic (exact) mass is 264 g/mol. The average molecular weight is 264 g/mol. The highest BCUT2D eigenvalue weighted by atomic mass is 19.1. The number of anilines is 1. The number of nitrogens with zero attached hydrogens (tertiary/aromatic N) is 1. The molecule has 0 radical (unpaired) electrons. The molecule has 1 saturated carbocycles. The fourth-order valence-corrected chi connectivity index (χ4v) is 2.40. The van der Waals surface area contributed by atoms with Crippen molar-refractivity contribution in [3.8, 4) is 6.07 Å². The van der Waals surface area contributed by atoms with Crippen molar-refractivity contribution in [1.29, 1.82) is 5.26 Å². The van der Waals surface area contributed by atoms with Crippen LogP contribution < -0.4 is 5.32 Å². The molecule has 5 heteroatoms. The van der Waals surface area contributed by atoms with E-state index in [1.165, 1.54) is 6.07 Å². The van der Waals surface area contributed by atoms with Crippen molar-refractivity contribution in [2.24, 2.45) is 5.41 Å². The summed E-state index contributed by atoms with van der Waals surface area (Å²) in [7, 11) is 0. The fraction of sp³-hybridized carbons (Fsp3) is 0.429. The number of nitriles is 1. The van der Waals surface area contributed by atoms with E-state index >= 15 is 0 Å². The zero-order valence-corrected chi connectivity index (χ0v) is 10.4. The maximum absolute atomic E-state index is 13.5. The minimum Gasteiger partial charge on any atom is -0.320 e. The summed E-state index contributed by atoms with van der Waals surface area (Å²) in [5, 5.41) is 11.5. The molecule has 0 spiro atoms. The molecule has 0 saturated heterocycles. The number of hydrogen-bond donors (Lipinski definition) is 1. The molecule has 1 aliphatic rings. The van der Waals surface area contributed by atoms with Crippen LogP contribution >= 0.6 is 0 Å². The van der Waals surface area contributed by atoms with E-state index in [1.807, 2.05) is 6.07 Å². The third-order valence-electron chi connectivity index (χ3n) is 3.56. The van der Waals surface area contributed by atoms with Gasteiger partial charge in [-0.05, 0) is 25.0 Å². The third-order valence-corrected chi connectivity index (χ3v) is 3.56. The maximum atomic E-state index is 13.5. The first kappa shape index (κ1) is 13.5. The quantitative estimate of drug-likeness (QED) is 0.890. The highest BCUT2D eigenvalue weighted by Gasteiger charge is 2.40. The van der Waals surface area contributed by atoms with E-state index in [0.29, 0.717) is 12.8 Å². The van der Waals surface area contributed by atoms with Crippen molar-refractivity contribution >= 4 is 11.6 Å². The maximum Gasteiger partial charge on any atom is 0.245 e. The van der Waals surface area contributed by atoms with Crippen LogP contribution in [0.3, 0.4) is 0 Å². The van der Waals surface area contributed by atoms with Crippen LogP contribution in [0.15, 0.2) is 18.2 Å². The summed E-state index contributed by atoms with van der Waals surface area (Å²) in [6.07, 6.45) is 3.41. The Labute approximate surface area is 110 Å². The highest BCUT2D eigenvalue weighted by molar-refractivity contribution is 5.97. The zero-order valence-electron chi connectivity index (χ0n) is 10.4. The van der Waals surface area contributed by atoms with Gasteiger partial charge < -0.3 is 5.32 Å². The molecule has 0 heterocycles. The Morgan fingerprint density at radius 3 is 2.32 bits per heavy atom. The molecule has 0 unspecified atom stereocenters. The van der Waals surface area contributed by atoms with Crippen molar-refractivity contribution in [3.05, 3.63) is 29.8 Å². The minimum absolute atomic E-state index is 0.436. The summed E-state index contributed by atoms with van der Waals surface area (Å²) in [4.78, 5) is 12.2. The van der Waals surface area contributed by atoms with Gasteiger partial charge in [0.1, 0.15) is 22.7 Å². The minimum atomic E-state index is -1.16. The number of halogens is 2. The first-order valence-corrected chi connectivity index (χ1v) is 6.26. The van der Waals surface area contributed by atoms with Gasteiger partial charge >= 0.3 is 0 Å². The lowest BCUT2D eigenvalue weighted by Gasteiger charge is -2.29. The Hall–Kier alpha value is -1.96. The van der Waals surface area contributed by atoms with Gasteiger partial charge in [-0.1, -0.05) is 25.3 Å². The Bertz CT molecular complexity index is 510. The fourth-order valence-electron chi connectivity index (χ4n) is 2.40. The molecule has 100 valence electrons. The van der Waals surface area contributed by atoms with Crippen LogP contribution in [0.4, 0.5) is 14.5 Å². The molecule has 0 aromatic heterocycles. The summed E-state index contributed by atoms with van der Waals surface area (Å²) >= 11 is 0. The molecule has 1 aromatic carbocycles. The number of nitrogens with one attached hydrogen (secondary N) is 1. The second-order valence-corrected chi connectivity index (χ2v) is 4.81. The first-order chi connectivity index (χ1) is 9.09. The molecule has 2 rings (SSSR count). The van der Waals surface area contributed by atoms with Crippen molar-refractivity contribution in [2.75, 3.05) is 5.32 Å². The SMILES string of the molecule is N#CC1(C(=O)Nc2c(F)cccc2F)CCCCC1. The smallest absolute Gasteiger partial charge is 0.245 e. The van der Waals surface area contributed by atoms with E-state index < -0.39 is 28.6 Å². The molecule has 0 atom stereocenters. The zero-order chi connectivity index (χ0) is 13.9. The first-order valence-electron chi connectivity index (χ1n) is 6.26. The van der Waals surface area contributed by atoms with Crippen molar-refractivity contribution < 1.29 is 13.6 Å². The van der Waals surface area contributed by atoms with Gasteiger partial charge in [0.15, 0.2) is 0 Å². The number of carbonyl (C=O) groups is 1. The summed E-state index contributed by atoms with van der Waals surface area (Å²) in [5.41, 5.74) is -1.64. The number of amides is 1. The van der Waals surface area contributed by atoms with E-state index in [9.17, 15) is 18.8 Å². The summed E-state index contributed by atoms with van der Waals surface area (Å²) in [6, 6.07) is 5.38. The lowest BCUT2D eigenvalue weighted by molar-refractivity contribution is -0.124. The van der Waals surface area contributed by atoms with Gasteiger partial charge in [0.2, 0.25) is 5.91 Å². The van der Waals surface area contributed by atoms with Crippen molar-refractivity contribution in [3.63, 3.8) is 0 Å². The Morgan fingerprint density at radius 2 is 1.79 bits per heavy atom. The molecule has 0 bridgehead atoms. The molecule has 1 N–H and O–H groups in total. The van der Waals surface area contributed by atoms with Crippen LogP contribution in [0.2, 0.25) is 0 Å². The molecule has 3 nitrogen and oxygen atoms in total. The van der Waals surface area contributed by atoms with Crippen LogP contribution in [0, 0.1) is 28.4 Å². The van der Waals surface area contributed by atoms with Gasteiger partial charge in [-0.15, -0.1) is 0 Å². The second kappa shape index (κ2) is 5.35. The highest BCUT2D eigenvalue weighted by Crippen LogP contribution is 2.37. The van der Waals surface area contributed by atoms with Crippen LogP contribution in [0.5, 0.6) is 0 Å². The van der Waals surface area contributed by atoms with E-state index in [2.05, 4.69) is 5.32 Å². The van der Waals surface area contributed by atoms with Gasteiger partial charge in [0, 0.05) is 0 Å². The standard InChI is InChI=1S/C14H14F2N2O/c15-10-5-4-6-11(16)12(10)18-13(19)14(9-17)7-2-1-3-8-14/h4-6H,1-3,7-8H2,(H,18,19). The van der Waals surface area contributed by atoms with Gasteiger partial charge in [0.05, 0.1) is 6.07 Å². The normalized spacial score (nSPS) is 17.5. The number of para-hydroxylation sites is 1. The summed E-state index contributed by atoms with van der Waals surface area (Å²) in [6.45, 7) is 0. The molecular weight excluding hydrogens is 250 g/mol. The van der Waals surface area contributed by atoms with Crippen molar-refractivity contribution in [1.82, 2.24) is 0 Å². The Kier molecular flexibility index (Phi) is 3.79. The topological polar surface area (TPSA) is 52.9 Å². The summed E-state index contributed by atoms with van der Waals surface area (Å²) < 4.78 is 26.9. The van der Waals surface area contributed by atoms with Crippen LogP contribution in [0.1, 0.15) is 32.1 Å². The number of carbonyl (C=O) groups excluding carboxylic acids is 1. The number of benzene rings is 1. The molecule has 1 amide bonds. The van der Waals surface area contributed by atoms with Crippen LogP contribution in [-0.4, -0.2) is 5.91 Å². The van der Waals surface area contributed by atoms with Crippen LogP contribution in [0.25, 0.3) is 0 Å². The molecule has 0 aliphatic heterocycles. The van der Waals surface area contributed by atoms with E-state index in [1.54, 1.807) is 0 Å². The van der Waals surface area contributed by atoms with E-state index in [4.69, 9.17) is 0 Å². The van der Waals surface area contributed by atoms with Crippen LogP contribution in [-0.2, 0) is 4.79 Å². The molecule has 1 fully saturated rings. The molecule has 19 heavy (non-hydrogen) atoms. The van der Waals surface area contributed by atoms with Crippen molar-refractivity contribution in [2.45, 2.75) is 32.1 Å². The lowest BCUT2D eigenvalue weighted by Crippen LogP contribution is -2.37. The molecule has 1 aliphatic carbocycles. The summed E-state index contributed by atoms with van der Waals surface area (Å²) in [5.74, 6) is -2.28. The van der Waals surface area contributed by atoms with Gasteiger partial charge in [-0.2, -0.15) is 5.26 Å². The van der Waals surface area contributed by atoms with Gasteiger partial charge in [0.25, 0.3) is 0 Å². The Morgan fingerprint density at radius 1 is 1.21 bits per heavy atom. The van der Waals surface area contributed by atoms with E-state index in [0.717, 1.165) is 31.4 Å². The molecule has 1 aromatic rings. The third kappa shape index (κ3) is 2.58. The average Bonchev–Trinajstić information content (AvgIpc) is 2.43. The molecular formula is C14H14F2N2O. The second-order valence-electron chi connectivity index (χ2n) is 4.81. The van der Waals surface area contributed by atoms with E-state index in [-0.39, 0.29) is 0 Å². The predicted molar refractivity (Wildman–Crippen MR) is 66.1 cm³/mol. The van der Waals surface area contributed by atoms with Gasteiger partial charge in [-0.25, -0.2) is 8.78 Å². The van der Waals surface area contributed by atoms with Gasteiger partial charge in [-0.3, -0.25) is 4.79 Å².